The molecular weight excluding hydrogens is 250 g/mol. The van der Waals surface area contributed by atoms with Crippen molar-refractivity contribution in [3.8, 4) is 0 Å². The molecule has 2 aromatic rings. The smallest absolute Gasteiger partial charge is 0.0702 e. The zero-order valence-electron chi connectivity index (χ0n) is 11.7. The summed E-state index contributed by atoms with van der Waals surface area (Å²) in [6.45, 7) is 4.96. The van der Waals surface area contributed by atoms with E-state index in [-0.39, 0.29) is 0 Å². The van der Waals surface area contributed by atoms with E-state index in [1.54, 1.807) is 0 Å². The van der Waals surface area contributed by atoms with Gasteiger partial charge in [-0.1, -0.05) is 24.2 Å². The molecule has 1 N–H and O–H groups in total. The molecule has 0 saturated carbocycles. The van der Waals surface area contributed by atoms with Crippen LogP contribution >= 0.6 is 0 Å². The molecule has 1 aromatic heterocycles. The monoisotopic (exact) mass is 269 g/mol. The van der Waals surface area contributed by atoms with Crippen molar-refractivity contribution in [1.29, 1.82) is 0 Å². The second-order valence-electron chi connectivity index (χ2n) is 5.51. The number of aromatic nitrogens is 1. The zero-order valence-corrected chi connectivity index (χ0v) is 11.7. The van der Waals surface area contributed by atoms with Crippen molar-refractivity contribution in [3.05, 3.63) is 42.1 Å². The summed E-state index contributed by atoms with van der Waals surface area (Å²) in [6.07, 6.45) is 2.68. The minimum atomic E-state index is 0.330. The first-order valence-corrected chi connectivity index (χ1v) is 7.03. The standard InChI is InChI=1S/C16H19N3O/c1-12-10-19(8-6-15(12)18-20)11-13-4-5-16-14(9-13)3-2-7-17-16/h2-5,7,9,12,20H,6,8,10-11H2,1H3/b18-15+. The van der Waals surface area contributed by atoms with Gasteiger partial charge >= 0.3 is 0 Å². The number of benzene rings is 1. The van der Waals surface area contributed by atoms with E-state index in [9.17, 15) is 0 Å². The summed E-state index contributed by atoms with van der Waals surface area (Å²) in [6, 6.07) is 10.5. The molecule has 1 aliphatic rings. The average molecular weight is 269 g/mol. The minimum absolute atomic E-state index is 0.330. The Labute approximate surface area is 118 Å². The van der Waals surface area contributed by atoms with E-state index in [1.807, 2.05) is 12.3 Å². The number of pyridine rings is 1. The molecule has 104 valence electrons. The van der Waals surface area contributed by atoms with Crippen LogP contribution in [-0.2, 0) is 6.54 Å². The molecule has 1 saturated heterocycles. The molecule has 0 radical (unpaired) electrons. The SMILES string of the molecule is CC1CN(Cc2ccc3ncccc3c2)CC/C1=N\O. The molecule has 4 nitrogen and oxygen atoms in total. The average Bonchev–Trinajstić information content (AvgIpc) is 2.47. The molecule has 4 heteroatoms. The van der Waals surface area contributed by atoms with Crippen LogP contribution in [0.2, 0.25) is 0 Å². The van der Waals surface area contributed by atoms with Gasteiger partial charge in [0.2, 0.25) is 0 Å². The molecule has 1 fully saturated rings. The highest BCUT2D eigenvalue weighted by Crippen LogP contribution is 2.19. The second kappa shape index (κ2) is 5.59. The fourth-order valence-corrected chi connectivity index (χ4v) is 2.88. The van der Waals surface area contributed by atoms with Gasteiger partial charge in [0.15, 0.2) is 0 Å². The van der Waals surface area contributed by atoms with Crippen LogP contribution in [0, 0.1) is 5.92 Å². The maximum atomic E-state index is 8.92. The third-order valence-electron chi connectivity index (χ3n) is 3.99. The summed E-state index contributed by atoms with van der Waals surface area (Å²) in [5.41, 5.74) is 3.27. The van der Waals surface area contributed by atoms with Crippen molar-refractivity contribution < 1.29 is 5.21 Å². The van der Waals surface area contributed by atoms with Gasteiger partial charge in [-0.05, 0) is 23.8 Å². The number of hydrogen-bond donors (Lipinski definition) is 1. The van der Waals surface area contributed by atoms with Gasteiger partial charge in [0.05, 0.1) is 11.2 Å². The summed E-state index contributed by atoms with van der Waals surface area (Å²) in [5.74, 6) is 0.330. The van der Waals surface area contributed by atoms with Crippen molar-refractivity contribution in [2.24, 2.45) is 11.1 Å². The largest absolute Gasteiger partial charge is 0.411 e. The van der Waals surface area contributed by atoms with E-state index in [1.165, 1.54) is 10.9 Å². The van der Waals surface area contributed by atoms with Crippen molar-refractivity contribution in [1.82, 2.24) is 9.88 Å². The third kappa shape index (κ3) is 2.65. The molecule has 1 unspecified atom stereocenters. The molecule has 0 amide bonds. The molecule has 1 aliphatic heterocycles. The van der Waals surface area contributed by atoms with Crippen LogP contribution in [0.25, 0.3) is 10.9 Å². The van der Waals surface area contributed by atoms with Crippen molar-refractivity contribution in [3.63, 3.8) is 0 Å². The third-order valence-corrected chi connectivity index (χ3v) is 3.99. The Bertz CT molecular complexity index is 638. The highest BCUT2D eigenvalue weighted by molar-refractivity contribution is 5.87. The van der Waals surface area contributed by atoms with E-state index in [0.717, 1.165) is 37.3 Å². The number of piperidine rings is 1. The second-order valence-corrected chi connectivity index (χ2v) is 5.51. The Morgan fingerprint density at radius 1 is 1.40 bits per heavy atom. The van der Waals surface area contributed by atoms with E-state index >= 15 is 0 Å². The van der Waals surface area contributed by atoms with Gasteiger partial charge < -0.3 is 5.21 Å². The Hall–Kier alpha value is -1.94. The van der Waals surface area contributed by atoms with E-state index in [2.05, 4.69) is 46.2 Å². The van der Waals surface area contributed by atoms with Crippen LogP contribution in [0.3, 0.4) is 0 Å². The van der Waals surface area contributed by atoms with Gasteiger partial charge in [-0.25, -0.2) is 0 Å². The van der Waals surface area contributed by atoms with Crippen LogP contribution < -0.4 is 0 Å². The highest BCUT2D eigenvalue weighted by atomic mass is 16.4. The Balaban J connectivity index is 1.73. The molecule has 20 heavy (non-hydrogen) atoms. The van der Waals surface area contributed by atoms with Crippen molar-refractivity contribution in [2.75, 3.05) is 13.1 Å². The Morgan fingerprint density at radius 3 is 3.10 bits per heavy atom. The summed E-state index contributed by atoms with van der Waals surface area (Å²) in [5, 5.41) is 13.5. The first-order valence-electron chi connectivity index (χ1n) is 7.03. The lowest BCUT2D eigenvalue weighted by Gasteiger charge is -2.31. The maximum Gasteiger partial charge on any atom is 0.0702 e. The van der Waals surface area contributed by atoms with Gasteiger partial charge in [0.25, 0.3) is 0 Å². The number of nitrogens with zero attached hydrogens (tertiary/aromatic N) is 3. The molecule has 0 aliphatic carbocycles. The maximum absolute atomic E-state index is 8.92. The predicted molar refractivity (Wildman–Crippen MR) is 80.0 cm³/mol. The lowest BCUT2D eigenvalue weighted by Crippen LogP contribution is -2.39. The number of oxime groups is 1. The van der Waals surface area contributed by atoms with Gasteiger partial charge in [-0.2, -0.15) is 0 Å². The number of rotatable bonds is 2. The number of fused-ring (bicyclic) bond motifs is 1. The lowest BCUT2D eigenvalue weighted by atomic mass is 9.97. The lowest BCUT2D eigenvalue weighted by molar-refractivity contribution is 0.228. The Kier molecular flexibility index (Phi) is 3.65. The molecule has 3 rings (SSSR count). The fourth-order valence-electron chi connectivity index (χ4n) is 2.88. The van der Waals surface area contributed by atoms with Crippen molar-refractivity contribution >= 4 is 16.6 Å². The van der Waals surface area contributed by atoms with Crippen LogP contribution in [0.4, 0.5) is 0 Å². The van der Waals surface area contributed by atoms with Crippen molar-refractivity contribution in [2.45, 2.75) is 19.9 Å². The van der Waals surface area contributed by atoms with Crippen LogP contribution in [0.15, 0.2) is 41.7 Å². The normalized spacial score (nSPS) is 22.4. The molecule has 0 spiro atoms. The van der Waals surface area contributed by atoms with E-state index in [0.29, 0.717) is 5.92 Å². The predicted octanol–water partition coefficient (Wildman–Crippen LogP) is 2.91. The molecule has 1 aromatic carbocycles. The summed E-state index contributed by atoms with van der Waals surface area (Å²) >= 11 is 0. The molecule has 1 atom stereocenters. The Morgan fingerprint density at radius 2 is 2.30 bits per heavy atom. The molecular formula is C16H19N3O. The van der Waals surface area contributed by atoms with Gasteiger partial charge in [0.1, 0.15) is 0 Å². The summed E-state index contributed by atoms with van der Waals surface area (Å²) in [4.78, 5) is 6.76. The number of likely N-dealkylation sites (tertiary alicyclic amines) is 1. The van der Waals surface area contributed by atoms with Crippen LogP contribution in [-0.4, -0.2) is 33.9 Å². The summed E-state index contributed by atoms with van der Waals surface area (Å²) in [7, 11) is 0. The highest BCUT2D eigenvalue weighted by Gasteiger charge is 2.22. The van der Waals surface area contributed by atoms with Crippen LogP contribution in [0.5, 0.6) is 0 Å². The first-order chi connectivity index (χ1) is 9.76. The molecule has 0 bridgehead atoms. The van der Waals surface area contributed by atoms with Gasteiger partial charge in [0, 0.05) is 43.6 Å². The van der Waals surface area contributed by atoms with E-state index < -0.39 is 0 Å². The van der Waals surface area contributed by atoms with Crippen LogP contribution in [0.1, 0.15) is 18.9 Å². The molecule has 2 heterocycles. The van der Waals surface area contributed by atoms with Gasteiger partial charge in [-0.15, -0.1) is 0 Å². The minimum Gasteiger partial charge on any atom is -0.411 e. The van der Waals surface area contributed by atoms with E-state index in [4.69, 9.17) is 5.21 Å². The topological polar surface area (TPSA) is 48.7 Å². The first kappa shape index (κ1) is 13.1. The quantitative estimate of drug-likeness (QED) is 0.673. The fraction of sp³-hybridized carbons (Fsp3) is 0.375. The summed E-state index contributed by atoms with van der Waals surface area (Å²) < 4.78 is 0. The zero-order chi connectivity index (χ0) is 13.9. The number of hydrogen-bond acceptors (Lipinski definition) is 4. The van der Waals surface area contributed by atoms with Gasteiger partial charge in [-0.3, -0.25) is 9.88 Å².